The quantitative estimate of drug-likeness (QED) is 0.819. The van der Waals surface area contributed by atoms with Crippen LogP contribution in [-0.2, 0) is 32.5 Å². The van der Waals surface area contributed by atoms with Crippen molar-refractivity contribution in [2.45, 2.75) is 56.0 Å². The molecule has 1 saturated heterocycles. The van der Waals surface area contributed by atoms with Crippen LogP contribution in [-0.4, -0.2) is 45.0 Å². The number of amides is 1. The maximum atomic E-state index is 12.6. The van der Waals surface area contributed by atoms with E-state index < -0.39 is 10.0 Å². The summed E-state index contributed by atoms with van der Waals surface area (Å²) < 4.78 is 33.1. The van der Waals surface area contributed by atoms with Crippen LogP contribution < -0.4 is 4.72 Å². The minimum absolute atomic E-state index is 0.143. The molecule has 1 aliphatic carbocycles. The molecule has 4 rings (SSSR count). The molecule has 1 aromatic rings. The molecule has 2 heterocycles. The number of hydrogen-bond donors (Lipinski definition) is 1. The lowest BCUT2D eigenvalue weighted by molar-refractivity contribution is -0.132. The molecule has 1 amide bonds. The van der Waals surface area contributed by atoms with Gasteiger partial charge in [-0.2, -0.15) is 0 Å². The van der Waals surface area contributed by atoms with Crippen molar-refractivity contribution in [2.75, 3.05) is 19.8 Å². The van der Waals surface area contributed by atoms with E-state index in [1.165, 1.54) is 12.8 Å². The highest BCUT2D eigenvalue weighted by atomic mass is 32.2. The van der Waals surface area contributed by atoms with Crippen molar-refractivity contribution in [1.82, 2.24) is 9.62 Å². The smallest absolute Gasteiger partial charge is 0.240 e. The van der Waals surface area contributed by atoms with E-state index in [1.807, 2.05) is 11.0 Å². The number of sulfonamides is 1. The average Bonchev–Trinajstić information content (AvgIpc) is 3.34. The molecule has 0 bridgehead atoms. The van der Waals surface area contributed by atoms with Crippen LogP contribution in [0.1, 0.15) is 43.2 Å². The highest BCUT2D eigenvalue weighted by Gasteiger charge is 2.27. The monoisotopic (exact) mass is 378 g/mol. The van der Waals surface area contributed by atoms with Gasteiger partial charge in [-0.15, -0.1) is 0 Å². The Morgan fingerprint density at radius 1 is 1.23 bits per heavy atom. The van der Waals surface area contributed by atoms with Crippen molar-refractivity contribution in [3.05, 3.63) is 29.3 Å². The van der Waals surface area contributed by atoms with Crippen LogP contribution in [0.3, 0.4) is 0 Å². The number of benzene rings is 1. The van der Waals surface area contributed by atoms with E-state index in [1.54, 1.807) is 12.1 Å². The Hall–Kier alpha value is -1.44. The number of nitrogens with zero attached hydrogens (tertiary/aromatic N) is 1. The predicted molar refractivity (Wildman–Crippen MR) is 97.1 cm³/mol. The number of ether oxygens (including phenoxy) is 1. The van der Waals surface area contributed by atoms with E-state index in [-0.39, 0.29) is 11.9 Å². The van der Waals surface area contributed by atoms with Crippen molar-refractivity contribution >= 4 is 15.9 Å². The minimum Gasteiger partial charge on any atom is -0.380 e. The summed E-state index contributed by atoms with van der Waals surface area (Å²) in [7, 11) is -3.53. The molecular formula is C19H26N2O4S. The van der Waals surface area contributed by atoms with Gasteiger partial charge in [-0.25, -0.2) is 13.1 Å². The first kappa shape index (κ1) is 17.9. The molecule has 0 spiro atoms. The molecule has 6 nitrogen and oxygen atoms in total. The van der Waals surface area contributed by atoms with Gasteiger partial charge in [0.15, 0.2) is 0 Å². The van der Waals surface area contributed by atoms with Gasteiger partial charge in [0.2, 0.25) is 15.9 Å². The minimum atomic E-state index is -3.53. The van der Waals surface area contributed by atoms with E-state index in [0.717, 1.165) is 23.5 Å². The molecule has 26 heavy (non-hydrogen) atoms. The molecule has 1 aromatic carbocycles. The van der Waals surface area contributed by atoms with Crippen LogP contribution in [0.15, 0.2) is 23.1 Å². The first-order chi connectivity index (χ1) is 12.5. The van der Waals surface area contributed by atoms with Gasteiger partial charge >= 0.3 is 0 Å². The van der Waals surface area contributed by atoms with Crippen LogP contribution in [0.2, 0.25) is 0 Å². The third kappa shape index (κ3) is 4.10. The van der Waals surface area contributed by atoms with Crippen molar-refractivity contribution in [2.24, 2.45) is 5.92 Å². The molecule has 7 heteroatoms. The topological polar surface area (TPSA) is 75.7 Å². The highest BCUT2D eigenvalue weighted by Crippen LogP contribution is 2.34. The molecule has 3 aliphatic rings. The lowest BCUT2D eigenvalue weighted by Gasteiger charge is -2.29. The normalized spacial score (nSPS) is 23.1. The first-order valence-corrected chi connectivity index (χ1v) is 11.0. The summed E-state index contributed by atoms with van der Waals surface area (Å²) in [6.45, 7) is 2.29. The number of carbonyl (C=O) groups is 1. The Bertz CT molecular complexity index is 783. The van der Waals surface area contributed by atoms with Crippen LogP contribution in [0.5, 0.6) is 0 Å². The molecule has 0 radical (unpaired) electrons. The van der Waals surface area contributed by atoms with Gasteiger partial charge in [0.05, 0.1) is 11.5 Å². The Kier molecular flexibility index (Phi) is 5.03. The Morgan fingerprint density at radius 3 is 2.81 bits per heavy atom. The second-order valence-corrected chi connectivity index (χ2v) is 9.37. The first-order valence-electron chi connectivity index (χ1n) is 9.51. The zero-order valence-corrected chi connectivity index (χ0v) is 15.8. The van der Waals surface area contributed by atoms with Crippen LogP contribution in [0.25, 0.3) is 0 Å². The van der Waals surface area contributed by atoms with Gasteiger partial charge in [0.25, 0.3) is 0 Å². The molecule has 2 fully saturated rings. The number of rotatable bonds is 6. The third-order valence-corrected chi connectivity index (χ3v) is 7.09. The number of hydrogen-bond acceptors (Lipinski definition) is 4. The molecule has 2 aliphatic heterocycles. The lowest BCUT2D eigenvalue weighted by Crippen LogP contribution is -2.37. The third-order valence-electron chi connectivity index (χ3n) is 5.57. The van der Waals surface area contributed by atoms with Crippen molar-refractivity contribution in [3.63, 3.8) is 0 Å². The SMILES string of the molecule is O=C(CCC1CC1)N1CCc2cc(S(=O)(=O)NC3CCOC3)ccc2C1. The molecule has 1 unspecified atom stereocenters. The van der Waals surface area contributed by atoms with Crippen LogP contribution in [0.4, 0.5) is 0 Å². The number of carbonyl (C=O) groups excluding carboxylic acids is 1. The number of fused-ring (bicyclic) bond motifs is 1. The summed E-state index contributed by atoms with van der Waals surface area (Å²) in [6, 6.07) is 5.12. The standard InChI is InChI=1S/C19H26N2O4S/c22-19(6-3-14-1-2-14)21-9-7-15-11-18(5-4-16(15)12-21)26(23,24)20-17-8-10-25-13-17/h4-5,11,14,17,20H,1-3,6-10,12-13H2. The van der Waals surface area contributed by atoms with Crippen molar-refractivity contribution in [1.29, 1.82) is 0 Å². The molecule has 1 N–H and O–H groups in total. The van der Waals surface area contributed by atoms with E-state index in [0.29, 0.717) is 50.5 Å². The van der Waals surface area contributed by atoms with Crippen LogP contribution >= 0.6 is 0 Å². The summed E-state index contributed by atoms with van der Waals surface area (Å²) in [5, 5.41) is 0. The van der Waals surface area contributed by atoms with Gasteiger partial charge in [-0.05, 0) is 48.4 Å². The maximum Gasteiger partial charge on any atom is 0.240 e. The number of nitrogens with one attached hydrogen (secondary N) is 1. The van der Waals surface area contributed by atoms with E-state index in [2.05, 4.69) is 4.72 Å². The molecule has 142 valence electrons. The lowest BCUT2D eigenvalue weighted by atomic mass is 9.99. The summed E-state index contributed by atoms with van der Waals surface area (Å²) in [5.41, 5.74) is 2.08. The predicted octanol–water partition coefficient (Wildman–Crippen LogP) is 1.83. The summed E-state index contributed by atoms with van der Waals surface area (Å²) in [5.74, 6) is 0.990. The Balaban J connectivity index is 1.42. The van der Waals surface area contributed by atoms with Gasteiger partial charge in [-0.3, -0.25) is 4.79 Å². The molecule has 1 atom stereocenters. The molecular weight excluding hydrogens is 352 g/mol. The Morgan fingerprint density at radius 2 is 2.08 bits per heavy atom. The zero-order chi connectivity index (χ0) is 18.1. The summed E-state index contributed by atoms with van der Waals surface area (Å²) >= 11 is 0. The van der Waals surface area contributed by atoms with E-state index in [4.69, 9.17) is 4.74 Å². The van der Waals surface area contributed by atoms with E-state index >= 15 is 0 Å². The van der Waals surface area contributed by atoms with Crippen molar-refractivity contribution in [3.8, 4) is 0 Å². The van der Waals surface area contributed by atoms with Crippen molar-refractivity contribution < 1.29 is 17.9 Å². The second kappa shape index (κ2) is 7.29. The molecule has 0 aromatic heterocycles. The Labute approximate surface area is 155 Å². The fourth-order valence-electron chi connectivity index (χ4n) is 3.72. The second-order valence-electron chi connectivity index (χ2n) is 7.66. The fraction of sp³-hybridized carbons (Fsp3) is 0.632. The highest BCUT2D eigenvalue weighted by molar-refractivity contribution is 7.89. The zero-order valence-electron chi connectivity index (χ0n) is 14.9. The van der Waals surface area contributed by atoms with Gasteiger partial charge in [0.1, 0.15) is 0 Å². The summed E-state index contributed by atoms with van der Waals surface area (Å²) in [6.07, 6.45) is 5.61. The maximum absolute atomic E-state index is 12.6. The van der Waals surface area contributed by atoms with Gasteiger partial charge in [0, 0.05) is 32.2 Å². The fourth-order valence-corrected chi connectivity index (χ4v) is 5.02. The molecule has 1 saturated carbocycles. The van der Waals surface area contributed by atoms with Crippen LogP contribution in [0, 0.1) is 5.92 Å². The van der Waals surface area contributed by atoms with Gasteiger partial charge in [-0.1, -0.05) is 18.9 Å². The van der Waals surface area contributed by atoms with E-state index in [9.17, 15) is 13.2 Å². The van der Waals surface area contributed by atoms with Gasteiger partial charge < -0.3 is 9.64 Å². The largest absolute Gasteiger partial charge is 0.380 e. The summed E-state index contributed by atoms with van der Waals surface area (Å²) in [4.78, 5) is 14.6. The average molecular weight is 378 g/mol.